The van der Waals surface area contributed by atoms with Crippen molar-refractivity contribution in [1.82, 2.24) is 4.90 Å². The summed E-state index contributed by atoms with van der Waals surface area (Å²) in [4.78, 5) is 28.2. The summed E-state index contributed by atoms with van der Waals surface area (Å²) in [6.07, 6.45) is 1.48. The van der Waals surface area contributed by atoms with Crippen molar-refractivity contribution < 1.29 is 22.3 Å². The Labute approximate surface area is 215 Å². The number of rotatable bonds is 6. The average molecular weight is 533 g/mol. The molecule has 0 radical (unpaired) electrons. The highest BCUT2D eigenvalue weighted by molar-refractivity contribution is 8.17. The zero-order chi connectivity index (χ0) is 26.2. The molecule has 184 valence electrons. The third kappa shape index (κ3) is 4.67. The number of nitrogens with one attached hydrogen (secondary N) is 1. The quantitative estimate of drug-likeness (QED) is 0.209. The molecule has 3 aromatic rings. The van der Waals surface area contributed by atoms with E-state index < -0.39 is 31.5 Å². The summed E-state index contributed by atoms with van der Waals surface area (Å²) in [6, 6.07) is 20.1. The molecule has 0 bridgehead atoms. The molecule has 1 N–H and O–H groups in total. The van der Waals surface area contributed by atoms with E-state index in [1.165, 1.54) is 54.2 Å². The number of nitrogens with zero attached hydrogens (tertiary/aromatic N) is 3. The molecule has 0 atom stereocenters. The highest BCUT2D eigenvalue weighted by atomic mass is 32.2. The monoisotopic (exact) mass is 532 g/mol. The molecule has 0 spiro atoms. The van der Waals surface area contributed by atoms with Crippen molar-refractivity contribution in [1.29, 1.82) is 5.41 Å². The van der Waals surface area contributed by atoms with Crippen molar-refractivity contribution in [2.24, 2.45) is 4.99 Å². The summed E-state index contributed by atoms with van der Waals surface area (Å²) in [5.74, 6) is -0.670. The van der Waals surface area contributed by atoms with Crippen LogP contribution in [-0.4, -0.2) is 35.2 Å². The summed E-state index contributed by atoms with van der Waals surface area (Å²) in [5, 5.41) is 22.1. The van der Waals surface area contributed by atoms with Crippen LogP contribution in [0.3, 0.4) is 0 Å². The van der Waals surface area contributed by atoms with Gasteiger partial charge in [-0.1, -0.05) is 66.4 Å². The van der Waals surface area contributed by atoms with E-state index in [9.17, 15) is 23.3 Å². The van der Waals surface area contributed by atoms with Gasteiger partial charge >= 0.3 is 10.1 Å². The minimum Gasteiger partial charge on any atom is -0.379 e. The summed E-state index contributed by atoms with van der Waals surface area (Å²) in [7, 11) is -4.47. The minimum absolute atomic E-state index is 0.0330. The van der Waals surface area contributed by atoms with Gasteiger partial charge < -0.3 is 4.18 Å². The van der Waals surface area contributed by atoms with E-state index in [-0.39, 0.29) is 17.2 Å². The molecular formula is C25H16N4O6S2. The average Bonchev–Trinajstić information content (AvgIpc) is 3.32. The first-order valence-corrected chi connectivity index (χ1v) is 13.0. The Hall–Kier alpha value is -4.55. The van der Waals surface area contributed by atoms with Gasteiger partial charge in [0.2, 0.25) is 0 Å². The molecule has 5 rings (SSSR count). The molecule has 0 saturated carbocycles. The smallest absolute Gasteiger partial charge is 0.346 e. The Morgan fingerprint density at radius 2 is 1.68 bits per heavy atom. The standard InChI is InChI=1S/C25H16N4O6S2/c26-23-19(24(30)27-25-28(23)21(15-36-25)17-6-2-1-3-7-17)14-16-10-12-18(13-11-16)35-37(33,34)22-9-5-4-8-20(22)29(31)32/h1-15,26H. The van der Waals surface area contributed by atoms with Crippen molar-refractivity contribution in [2.75, 3.05) is 0 Å². The number of amides is 1. The Morgan fingerprint density at radius 3 is 2.38 bits per heavy atom. The van der Waals surface area contributed by atoms with Gasteiger partial charge in [-0.2, -0.15) is 13.4 Å². The molecule has 2 heterocycles. The molecule has 0 aromatic heterocycles. The van der Waals surface area contributed by atoms with Crippen molar-refractivity contribution in [3.63, 3.8) is 0 Å². The third-order valence-corrected chi connectivity index (χ3v) is 7.53. The summed E-state index contributed by atoms with van der Waals surface area (Å²) in [5.41, 5.74) is 1.58. The highest BCUT2D eigenvalue weighted by Gasteiger charge is 2.36. The number of carbonyl (C=O) groups excluding carboxylic acids is 1. The lowest BCUT2D eigenvalue weighted by atomic mass is 10.1. The highest BCUT2D eigenvalue weighted by Crippen LogP contribution is 2.37. The number of amidine groups is 2. The second-order valence-corrected chi connectivity index (χ2v) is 10.1. The van der Waals surface area contributed by atoms with Gasteiger partial charge in [0, 0.05) is 11.5 Å². The molecule has 2 aliphatic rings. The van der Waals surface area contributed by atoms with Crippen molar-refractivity contribution in [2.45, 2.75) is 4.90 Å². The molecule has 0 saturated heterocycles. The van der Waals surface area contributed by atoms with Crippen LogP contribution in [-0.2, 0) is 14.9 Å². The number of hydrogen-bond donors (Lipinski definition) is 1. The number of para-hydroxylation sites is 1. The Bertz CT molecular complexity index is 1650. The fourth-order valence-electron chi connectivity index (χ4n) is 3.69. The summed E-state index contributed by atoms with van der Waals surface area (Å²) < 4.78 is 30.3. The van der Waals surface area contributed by atoms with Crippen LogP contribution in [0.4, 0.5) is 5.69 Å². The third-order valence-electron chi connectivity index (χ3n) is 5.41. The number of fused-ring (bicyclic) bond motifs is 1. The number of hydrogen-bond acceptors (Lipinski definition) is 8. The predicted molar refractivity (Wildman–Crippen MR) is 139 cm³/mol. The van der Waals surface area contributed by atoms with Gasteiger partial charge in [-0.05, 0) is 35.4 Å². The molecule has 0 aliphatic carbocycles. The maximum atomic E-state index is 12.7. The number of carbonyl (C=O) groups is 1. The Kier molecular flexibility index (Phi) is 6.19. The first-order chi connectivity index (χ1) is 17.7. The van der Waals surface area contributed by atoms with Crippen LogP contribution in [0.1, 0.15) is 11.1 Å². The van der Waals surface area contributed by atoms with E-state index in [0.29, 0.717) is 10.7 Å². The second kappa shape index (κ2) is 9.48. The predicted octanol–water partition coefficient (Wildman–Crippen LogP) is 4.67. The molecule has 37 heavy (non-hydrogen) atoms. The number of aliphatic imine (C=N–C) groups is 1. The van der Waals surface area contributed by atoms with Gasteiger partial charge in [0.05, 0.1) is 16.2 Å². The van der Waals surface area contributed by atoms with Gasteiger partial charge in [-0.25, -0.2) is 0 Å². The topological polar surface area (TPSA) is 143 Å². The van der Waals surface area contributed by atoms with Crippen LogP contribution in [0.5, 0.6) is 5.75 Å². The van der Waals surface area contributed by atoms with Crippen molar-refractivity contribution >= 4 is 56.3 Å². The van der Waals surface area contributed by atoms with E-state index >= 15 is 0 Å². The summed E-state index contributed by atoms with van der Waals surface area (Å²) >= 11 is 1.26. The van der Waals surface area contributed by atoms with E-state index in [1.807, 2.05) is 35.7 Å². The maximum absolute atomic E-state index is 12.7. The van der Waals surface area contributed by atoms with Gasteiger partial charge in [0.25, 0.3) is 11.6 Å². The number of nitro groups is 1. The van der Waals surface area contributed by atoms with Crippen LogP contribution >= 0.6 is 11.8 Å². The zero-order valence-corrected chi connectivity index (χ0v) is 20.4. The Morgan fingerprint density at radius 1 is 1.00 bits per heavy atom. The molecule has 0 unspecified atom stereocenters. The number of benzene rings is 3. The summed E-state index contributed by atoms with van der Waals surface area (Å²) in [6.45, 7) is 0. The normalized spacial score (nSPS) is 16.3. The molecule has 2 aliphatic heterocycles. The molecule has 3 aromatic carbocycles. The lowest BCUT2D eigenvalue weighted by Crippen LogP contribution is -2.38. The molecule has 0 fully saturated rings. The fraction of sp³-hybridized carbons (Fsp3) is 0. The van der Waals surface area contributed by atoms with E-state index in [2.05, 4.69) is 4.99 Å². The SMILES string of the molecule is N=C1C(=Cc2ccc(OS(=O)(=O)c3ccccc3[N+](=O)[O-])cc2)C(=O)N=C2SC=C(c3ccccc3)N12. The van der Waals surface area contributed by atoms with Crippen molar-refractivity contribution in [3.05, 3.63) is 111 Å². The molecule has 10 nitrogen and oxygen atoms in total. The van der Waals surface area contributed by atoms with Crippen LogP contribution in [0.25, 0.3) is 11.8 Å². The van der Waals surface area contributed by atoms with E-state index in [0.717, 1.165) is 23.4 Å². The molecular weight excluding hydrogens is 516 g/mol. The lowest BCUT2D eigenvalue weighted by molar-refractivity contribution is -0.387. The largest absolute Gasteiger partial charge is 0.379 e. The minimum atomic E-state index is -4.47. The Balaban J connectivity index is 1.39. The molecule has 1 amide bonds. The second-order valence-electron chi connectivity index (χ2n) is 7.76. The fourth-order valence-corrected chi connectivity index (χ4v) is 5.68. The van der Waals surface area contributed by atoms with Crippen LogP contribution < -0.4 is 4.18 Å². The van der Waals surface area contributed by atoms with Gasteiger partial charge in [0.15, 0.2) is 10.1 Å². The maximum Gasteiger partial charge on any atom is 0.346 e. The van der Waals surface area contributed by atoms with Crippen LogP contribution in [0.15, 0.2) is 99.7 Å². The van der Waals surface area contributed by atoms with Crippen LogP contribution in [0, 0.1) is 15.5 Å². The van der Waals surface area contributed by atoms with Gasteiger partial charge in [-0.15, -0.1) is 0 Å². The lowest BCUT2D eigenvalue weighted by Gasteiger charge is -2.26. The first kappa shape index (κ1) is 24.2. The van der Waals surface area contributed by atoms with Gasteiger partial charge in [-0.3, -0.25) is 25.2 Å². The zero-order valence-electron chi connectivity index (χ0n) is 18.8. The first-order valence-electron chi connectivity index (χ1n) is 10.7. The van der Waals surface area contributed by atoms with E-state index in [4.69, 9.17) is 9.59 Å². The molecule has 12 heteroatoms. The van der Waals surface area contributed by atoms with E-state index in [1.54, 1.807) is 4.90 Å². The van der Waals surface area contributed by atoms with Gasteiger partial charge in [0.1, 0.15) is 11.6 Å². The number of nitro benzene ring substituents is 1. The van der Waals surface area contributed by atoms with Crippen molar-refractivity contribution in [3.8, 4) is 5.75 Å². The number of thioether (sulfide) groups is 1. The van der Waals surface area contributed by atoms with Crippen LogP contribution in [0.2, 0.25) is 0 Å².